The maximum absolute atomic E-state index is 12.2. The molecule has 3 nitrogen and oxygen atoms in total. The summed E-state index contributed by atoms with van der Waals surface area (Å²) in [5.41, 5.74) is 0.698. The van der Waals surface area contributed by atoms with E-state index in [9.17, 15) is 9.90 Å². The third kappa shape index (κ3) is 2.09. The van der Waals surface area contributed by atoms with Gasteiger partial charge in [-0.05, 0) is 31.9 Å². The molecule has 1 aliphatic rings. The molecule has 1 fully saturated rings. The summed E-state index contributed by atoms with van der Waals surface area (Å²) in [5, 5.41) is 9.75. The summed E-state index contributed by atoms with van der Waals surface area (Å²) in [6.45, 7) is 2.65. The Morgan fingerprint density at radius 2 is 2.06 bits per heavy atom. The zero-order valence-electron chi connectivity index (χ0n) is 9.47. The molecular formula is C13H17NO2. The van der Waals surface area contributed by atoms with Gasteiger partial charge in [-0.3, -0.25) is 4.79 Å². The number of carbonyl (C=O) groups is 1. The molecule has 2 rings (SSSR count). The molecule has 1 heterocycles. The van der Waals surface area contributed by atoms with E-state index in [0.29, 0.717) is 5.56 Å². The minimum absolute atomic E-state index is 0.0202. The fraction of sp³-hybridized carbons (Fsp3) is 0.462. The van der Waals surface area contributed by atoms with Crippen molar-refractivity contribution in [3.8, 4) is 0 Å². The average molecular weight is 219 g/mol. The van der Waals surface area contributed by atoms with Crippen LogP contribution in [0, 0.1) is 0 Å². The van der Waals surface area contributed by atoms with Gasteiger partial charge in [-0.25, -0.2) is 0 Å². The van der Waals surface area contributed by atoms with Crippen molar-refractivity contribution in [3.05, 3.63) is 35.9 Å². The predicted molar refractivity (Wildman–Crippen MR) is 62.2 cm³/mol. The third-order valence-electron chi connectivity index (χ3n) is 3.23. The average Bonchev–Trinajstić information content (AvgIpc) is 2.33. The van der Waals surface area contributed by atoms with E-state index in [4.69, 9.17) is 0 Å². The number of aliphatic hydroxyl groups excluding tert-OH is 1. The van der Waals surface area contributed by atoms with Crippen LogP contribution in [-0.4, -0.2) is 34.6 Å². The molecule has 3 heteroatoms. The summed E-state index contributed by atoms with van der Waals surface area (Å²) < 4.78 is 0. The van der Waals surface area contributed by atoms with Gasteiger partial charge >= 0.3 is 0 Å². The van der Waals surface area contributed by atoms with Crippen LogP contribution in [0.5, 0.6) is 0 Å². The lowest BCUT2D eigenvalue weighted by Gasteiger charge is -2.37. The molecule has 0 spiro atoms. The molecule has 0 saturated carbocycles. The van der Waals surface area contributed by atoms with E-state index < -0.39 is 0 Å². The van der Waals surface area contributed by atoms with Gasteiger partial charge in [0.05, 0.1) is 12.1 Å². The molecule has 1 saturated heterocycles. The lowest BCUT2D eigenvalue weighted by Crippen LogP contribution is -2.49. The summed E-state index contributed by atoms with van der Waals surface area (Å²) in [4.78, 5) is 13.9. The Morgan fingerprint density at radius 3 is 2.75 bits per heavy atom. The molecule has 0 bridgehead atoms. The first kappa shape index (κ1) is 11.1. The Kier molecular flexibility index (Phi) is 3.25. The second-order valence-electron chi connectivity index (χ2n) is 4.31. The van der Waals surface area contributed by atoms with Crippen molar-refractivity contribution in [2.45, 2.75) is 31.9 Å². The highest BCUT2D eigenvalue weighted by molar-refractivity contribution is 5.94. The van der Waals surface area contributed by atoms with Gasteiger partial charge in [-0.2, -0.15) is 0 Å². The van der Waals surface area contributed by atoms with E-state index in [1.54, 1.807) is 4.90 Å². The number of piperidine rings is 1. The normalized spacial score (nSPS) is 25.5. The van der Waals surface area contributed by atoms with E-state index in [-0.39, 0.29) is 18.1 Å². The van der Waals surface area contributed by atoms with Crippen LogP contribution in [0.2, 0.25) is 0 Å². The standard InChI is InChI=1S/C13H17NO2/c1-10-12(15)8-5-9-14(10)13(16)11-6-3-2-4-7-11/h2-4,6-7,10,12,15H,5,8-9H2,1H3. The lowest BCUT2D eigenvalue weighted by molar-refractivity contribution is 0.0181. The van der Waals surface area contributed by atoms with Gasteiger partial charge < -0.3 is 10.0 Å². The van der Waals surface area contributed by atoms with E-state index in [0.717, 1.165) is 19.4 Å². The van der Waals surface area contributed by atoms with Gasteiger partial charge in [0.15, 0.2) is 0 Å². The highest BCUT2D eigenvalue weighted by Crippen LogP contribution is 2.19. The molecule has 1 N–H and O–H groups in total. The molecule has 1 aliphatic heterocycles. The number of nitrogens with zero attached hydrogens (tertiary/aromatic N) is 1. The summed E-state index contributed by atoms with van der Waals surface area (Å²) in [6, 6.07) is 9.16. The Bertz CT molecular complexity index is 363. The van der Waals surface area contributed by atoms with Crippen molar-refractivity contribution in [2.24, 2.45) is 0 Å². The highest BCUT2D eigenvalue weighted by Gasteiger charge is 2.29. The first-order valence-corrected chi connectivity index (χ1v) is 5.74. The van der Waals surface area contributed by atoms with E-state index in [2.05, 4.69) is 0 Å². The Labute approximate surface area is 95.7 Å². The molecule has 16 heavy (non-hydrogen) atoms. The number of hydrogen-bond donors (Lipinski definition) is 1. The summed E-state index contributed by atoms with van der Waals surface area (Å²) in [7, 11) is 0. The monoisotopic (exact) mass is 219 g/mol. The van der Waals surface area contributed by atoms with Crippen LogP contribution >= 0.6 is 0 Å². The predicted octanol–water partition coefficient (Wildman–Crippen LogP) is 1.67. The van der Waals surface area contributed by atoms with Crippen LogP contribution in [0.3, 0.4) is 0 Å². The van der Waals surface area contributed by atoms with Crippen LogP contribution in [0.25, 0.3) is 0 Å². The quantitative estimate of drug-likeness (QED) is 0.780. The second kappa shape index (κ2) is 4.66. The van der Waals surface area contributed by atoms with Crippen LogP contribution < -0.4 is 0 Å². The summed E-state index contributed by atoms with van der Waals surface area (Å²) >= 11 is 0. The van der Waals surface area contributed by atoms with Crippen molar-refractivity contribution < 1.29 is 9.90 Å². The molecule has 1 aromatic rings. The fourth-order valence-electron chi connectivity index (χ4n) is 2.16. The molecule has 1 aromatic carbocycles. The molecule has 0 aliphatic carbocycles. The van der Waals surface area contributed by atoms with Crippen molar-refractivity contribution in [2.75, 3.05) is 6.54 Å². The zero-order chi connectivity index (χ0) is 11.5. The fourth-order valence-corrected chi connectivity index (χ4v) is 2.16. The molecule has 0 aromatic heterocycles. The van der Waals surface area contributed by atoms with Gasteiger partial charge in [-0.1, -0.05) is 18.2 Å². The third-order valence-corrected chi connectivity index (χ3v) is 3.23. The van der Waals surface area contributed by atoms with Crippen molar-refractivity contribution in [1.82, 2.24) is 4.90 Å². The molecule has 2 unspecified atom stereocenters. The molecule has 0 radical (unpaired) electrons. The van der Waals surface area contributed by atoms with Crippen LogP contribution in [-0.2, 0) is 0 Å². The number of likely N-dealkylation sites (tertiary alicyclic amines) is 1. The second-order valence-corrected chi connectivity index (χ2v) is 4.31. The maximum atomic E-state index is 12.2. The SMILES string of the molecule is CC1C(O)CCCN1C(=O)c1ccccc1. The summed E-state index contributed by atoms with van der Waals surface area (Å²) in [6.07, 6.45) is 1.28. The van der Waals surface area contributed by atoms with Gasteiger partial charge in [0.1, 0.15) is 0 Å². The number of hydrogen-bond acceptors (Lipinski definition) is 2. The number of carbonyl (C=O) groups excluding carboxylic acids is 1. The first-order valence-electron chi connectivity index (χ1n) is 5.74. The van der Waals surface area contributed by atoms with E-state index >= 15 is 0 Å². The van der Waals surface area contributed by atoms with Crippen molar-refractivity contribution in [3.63, 3.8) is 0 Å². The van der Waals surface area contributed by atoms with Crippen LogP contribution in [0.4, 0.5) is 0 Å². The minimum Gasteiger partial charge on any atom is -0.391 e. The van der Waals surface area contributed by atoms with Crippen molar-refractivity contribution in [1.29, 1.82) is 0 Å². The Morgan fingerprint density at radius 1 is 1.38 bits per heavy atom. The topological polar surface area (TPSA) is 40.5 Å². The molecule has 2 atom stereocenters. The Hall–Kier alpha value is -1.35. The first-order chi connectivity index (χ1) is 7.70. The Balaban J connectivity index is 2.15. The van der Waals surface area contributed by atoms with Crippen LogP contribution in [0.15, 0.2) is 30.3 Å². The van der Waals surface area contributed by atoms with E-state index in [1.807, 2.05) is 37.3 Å². The lowest BCUT2D eigenvalue weighted by atomic mass is 9.99. The number of benzene rings is 1. The smallest absolute Gasteiger partial charge is 0.254 e. The zero-order valence-corrected chi connectivity index (χ0v) is 9.47. The van der Waals surface area contributed by atoms with Gasteiger partial charge in [0.25, 0.3) is 5.91 Å². The van der Waals surface area contributed by atoms with Crippen LogP contribution in [0.1, 0.15) is 30.1 Å². The highest BCUT2D eigenvalue weighted by atomic mass is 16.3. The molecule has 1 amide bonds. The largest absolute Gasteiger partial charge is 0.391 e. The minimum atomic E-state index is -0.388. The summed E-state index contributed by atoms with van der Waals surface area (Å²) in [5.74, 6) is 0.0202. The van der Waals surface area contributed by atoms with Gasteiger partial charge in [-0.15, -0.1) is 0 Å². The molecular weight excluding hydrogens is 202 g/mol. The van der Waals surface area contributed by atoms with Gasteiger partial charge in [0.2, 0.25) is 0 Å². The van der Waals surface area contributed by atoms with Crippen molar-refractivity contribution >= 4 is 5.91 Å². The number of amides is 1. The number of rotatable bonds is 1. The molecule has 86 valence electrons. The van der Waals surface area contributed by atoms with Gasteiger partial charge in [0, 0.05) is 12.1 Å². The van der Waals surface area contributed by atoms with E-state index in [1.165, 1.54) is 0 Å². The number of aliphatic hydroxyl groups is 1. The maximum Gasteiger partial charge on any atom is 0.254 e.